The molecule has 0 unspecified atom stereocenters. The Bertz CT molecular complexity index is 605. The van der Waals surface area contributed by atoms with Gasteiger partial charge >= 0.3 is 0 Å². The number of ether oxygens (including phenoxy) is 1. The summed E-state index contributed by atoms with van der Waals surface area (Å²) in [7, 11) is 0. The average Bonchev–Trinajstić information content (AvgIpc) is 2.39. The molecular formula is C14H9Br2NO. The van der Waals surface area contributed by atoms with Gasteiger partial charge in [0.1, 0.15) is 17.6 Å². The normalized spacial score (nSPS) is 9.83. The fraction of sp³-hybridized carbons (Fsp3) is 0.0714. The second kappa shape index (κ2) is 6.03. The van der Waals surface area contributed by atoms with Crippen LogP contribution in [0.15, 0.2) is 46.9 Å². The highest BCUT2D eigenvalue weighted by molar-refractivity contribution is 9.10. The van der Waals surface area contributed by atoms with Crippen LogP contribution in [0.1, 0.15) is 11.1 Å². The van der Waals surface area contributed by atoms with E-state index in [-0.39, 0.29) is 0 Å². The van der Waals surface area contributed by atoms with Gasteiger partial charge in [-0.3, -0.25) is 0 Å². The smallest absolute Gasteiger partial charge is 0.145 e. The summed E-state index contributed by atoms with van der Waals surface area (Å²) >= 11 is 6.75. The zero-order valence-electron chi connectivity index (χ0n) is 9.36. The van der Waals surface area contributed by atoms with E-state index in [9.17, 15) is 0 Å². The van der Waals surface area contributed by atoms with Gasteiger partial charge in [-0.2, -0.15) is 5.26 Å². The molecule has 2 rings (SSSR count). The molecule has 90 valence electrons. The Kier molecular flexibility index (Phi) is 4.40. The Hall–Kier alpha value is -1.31. The van der Waals surface area contributed by atoms with Crippen LogP contribution in [0.4, 0.5) is 0 Å². The molecule has 0 aliphatic rings. The van der Waals surface area contributed by atoms with Crippen LogP contribution in [-0.2, 0) is 5.33 Å². The van der Waals surface area contributed by atoms with Gasteiger partial charge in [-0.25, -0.2) is 0 Å². The molecule has 0 aliphatic carbocycles. The number of hydrogen-bond donors (Lipinski definition) is 0. The topological polar surface area (TPSA) is 33.0 Å². The highest BCUT2D eigenvalue weighted by Crippen LogP contribution is 2.28. The standard InChI is InChI=1S/C14H9Br2NO/c15-8-10-4-5-14(11(6-10)9-17)18-13-3-1-2-12(16)7-13/h1-7H,8H2. The SMILES string of the molecule is N#Cc1cc(CBr)ccc1Oc1cccc(Br)c1. The van der Waals surface area contributed by atoms with E-state index in [1.54, 1.807) is 0 Å². The predicted molar refractivity (Wildman–Crippen MR) is 78.0 cm³/mol. The monoisotopic (exact) mass is 365 g/mol. The lowest BCUT2D eigenvalue weighted by Crippen LogP contribution is -1.90. The molecule has 0 amide bonds. The van der Waals surface area contributed by atoms with Crippen molar-refractivity contribution in [1.82, 2.24) is 0 Å². The highest BCUT2D eigenvalue weighted by atomic mass is 79.9. The fourth-order valence-electron chi connectivity index (χ4n) is 1.49. The molecule has 0 fully saturated rings. The fourth-order valence-corrected chi connectivity index (χ4v) is 2.22. The van der Waals surface area contributed by atoms with Crippen molar-refractivity contribution in [2.24, 2.45) is 0 Å². The van der Waals surface area contributed by atoms with Crippen molar-refractivity contribution in [2.75, 3.05) is 0 Å². The van der Waals surface area contributed by atoms with Crippen molar-refractivity contribution in [3.63, 3.8) is 0 Å². The van der Waals surface area contributed by atoms with Gasteiger partial charge in [0.25, 0.3) is 0 Å². The Morgan fingerprint density at radius 2 is 2.00 bits per heavy atom. The molecule has 0 heterocycles. The highest BCUT2D eigenvalue weighted by Gasteiger charge is 2.06. The predicted octanol–water partition coefficient (Wildman–Crippen LogP) is 5.01. The molecule has 2 aromatic rings. The summed E-state index contributed by atoms with van der Waals surface area (Å²) in [6.07, 6.45) is 0. The molecule has 0 aliphatic heterocycles. The van der Waals surface area contributed by atoms with Crippen LogP contribution < -0.4 is 4.74 Å². The van der Waals surface area contributed by atoms with Crippen LogP contribution in [0.2, 0.25) is 0 Å². The number of benzene rings is 2. The maximum absolute atomic E-state index is 9.12. The summed E-state index contributed by atoms with van der Waals surface area (Å²) in [6.45, 7) is 0. The van der Waals surface area contributed by atoms with Gasteiger partial charge in [0.15, 0.2) is 0 Å². The molecule has 0 saturated heterocycles. The number of nitriles is 1. The first-order chi connectivity index (χ1) is 8.72. The van der Waals surface area contributed by atoms with E-state index >= 15 is 0 Å². The van der Waals surface area contributed by atoms with Crippen molar-refractivity contribution >= 4 is 31.9 Å². The summed E-state index contributed by atoms with van der Waals surface area (Å²) in [4.78, 5) is 0. The zero-order valence-corrected chi connectivity index (χ0v) is 12.5. The maximum Gasteiger partial charge on any atom is 0.145 e. The van der Waals surface area contributed by atoms with Crippen molar-refractivity contribution in [3.8, 4) is 17.6 Å². The van der Waals surface area contributed by atoms with E-state index in [2.05, 4.69) is 37.9 Å². The Labute approximate surface area is 122 Å². The van der Waals surface area contributed by atoms with E-state index in [1.807, 2.05) is 42.5 Å². The lowest BCUT2D eigenvalue weighted by atomic mass is 10.1. The molecule has 0 aromatic heterocycles. The maximum atomic E-state index is 9.12. The number of alkyl halides is 1. The zero-order chi connectivity index (χ0) is 13.0. The summed E-state index contributed by atoms with van der Waals surface area (Å²) < 4.78 is 6.65. The molecule has 0 spiro atoms. The molecule has 0 N–H and O–H groups in total. The Morgan fingerprint density at radius 1 is 1.17 bits per heavy atom. The molecule has 0 saturated carbocycles. The summed E-state index contributed by atoms with van der Waals surface area (Å²) in [5.74, 6) is 1.27. The van der Waals surface area contributed by atoms with E-state index in [1.165, 1.54) is 0 Å². The van der Waals surface area contributed by atoms with Gasteiger partial charge in [0.05, 0.1) is 5.56 Å². The molecule has 0 bridgehead atoms. The largest absolute Gasteiger partial charge is 0.456 e. The summed E-state index contributed by atoms with van der Waals surface area (Å²) in [6, 6.07) is 15.2. The summed E-state index contributed by atoms with van der Waals surface area (Å²) in [5.41, 5.74) is 1.58. The van der Waals surface area contributed by atoms with Gasteiger partial charge in [-0.15, -0.1) is 0 Å². The summed E-state index contributed by atoms with van der Waals surface area (Å²) in [5, 5.41) is 9.84. The molecular weight excluding hydrogens is 358 g/mol. The quantitative estimate of drug-likeness (QED) is 0.715. The lowest BCUT2D eigenvalue weighted by molar-refractivity contribution is 0.480. The van der Waals surface area contributed by atoms with Crippen LogP contribution >= 0.6 is 31.9 Å². The van der Waals surface area contributed by atoms with E-state index in [0.29, 0.717) is 17.1 Å². The van der Waals surface area contributed by atoms with Crippen molar-refractivity contribution < 1.29 is 4.74 Å². The van der Waals surface area contributed by atoms with E-state index in [4.69, 9.17) is 10.00 Å². The molecule has 18 heavy (non-hydrogen) atoms. The first-order valence-electron chi connectivity index (χ1n) is 5.25. The van der Waals surface area contributed by atoms with Gasteiger partial charge in [0.2, 0.25) is 0 Å². The number of hydrogen-bond acceptors (Lipinski definition) is 2. The Balaban J connectivity index is 2.32. The first-order valence-corrected chi connectivity index (χ1v) is 7.17. The van der Waals surface area contributed by atoms with Crippen LogP contribution in [-0.4, -0.2) is 0 Å². The molecule has 0 atom stereocenters. The lowest BCUT2D eigenvalue weighted by Gasteiger charge is -2.08. The van der Waals surface area contributed by atoms with Crippen LogP contribution in [0.5, 0.6) is 11.5 Å². The van der Waals surface area contributed by atoms with Crippen molar-refractivity contribution in [1.29, 1.82) is 5.26 Å². The number of rotatable bonds is 3. The minimum atomic E-state index is 0.534. The minimum absolute atomic E-state index is 0.534. The first kappa shape index (κ1) is 13.1. The molecule has 2 nitrogen and oxygen atoms in total. The van der Waals surface area contributed by atoms with E-state index in [0.717, 1.165) is 15.4 Å². The van der Waals surface area contributed by atoms with Gasteiger partial charge in [0, 0.05) is 9.80 Å². The molecule has 2 aromatic carbocycles. The number of nitrogens with zero attached hydrogens (tertiary/aromatic N) is 1. The van der Waals surface area contributed by atoms with Gasteiger partial charge in [-0.05, 0) is 35.9 Å². The third kappa shape index (κ3) is 3.12. The molecule has 0 radical (unpaired) electrons. The van der Waals surface area contributed by atoms with Crippen molar-refractivity contribution in [3.05, 3.63) is 58.1 Å². The second-order valence-electron chi connectivity index (χ2n) is 3.64. The van der Waals surface area contributed by atoms with E-state index < -0.39 is 0 Å². The minimum Gasteiger partial charge on any atom is -0.456 e. The molecule has 4 heteroatoms. The van der Waals surface area contributed by atoms with Gasteiger partial charge < -0.3 is 4.74 Å². The Morgan fingerprint density at radius 3 is 2.67 bits per heavy atom. The van der Waals surface area contributed by atoms with Gasteiger partial charge in [-0.1, -0.05) is 44.0 Å². The van der Waals surface area contributed by atoms with Crippen LogP contribution in [0.3, 0.4) is 0 Å². The second-order valence-corrected chi connectivity index (χ2v) is 5.11. The van der Waals surface area contributed by atoms with Crippen LogP contribution in [0, 0.1) is 11.3 Å². The van der Waals surface area contributed by atoms with Crippen molar-refractivity contribution in [2.45, 2.75) is 5.33 Å². The van der Waals surface area contributed by atoms with Crippen LogP contribution in [0.25, 0.3) is 0 Å². The number of halogens is 2. The third-order valence-electron chi connectivity index (χ3n) is 2.34. The average molecular weight is 367 g/mol. The third-order valence-corrected chi connectivity index (χ3v) is 3.48.